The lowest BCUT2D eigenvalue weighted by atomic mass is 9.90. The molecule has 1 saturated carbocycles. The molecule has 0 spiro atoms. The van der Waals surface area contributed by atoms with Crippen molar-refractivity contribution >= 4 is 11.9 Å². The number of hydroxylamine groups is 1. The minimum Gasteiger partial charge on any atom is -0.490 e. The van der Waals surface area contributed by atoms with E-state index in [-0.39, 0.29) is 29.7 Å². The molecule has 2 fully saturated rings. The van der Waals surface area contributed by atoms with Gasteiger partial charge in [0.25, 0.3) is 0 Å². The van der Waals surface area contributed by atoms with E-state index < -0.39 is 11.6 Å². The average molecular weight is 439 g/mol. The van der Waals surface area contributed by atoms with Crippen molar-refractivity contribution in [3.05, 3.63) is 29.3 Å². The Bertz CT molecular complexity index is 797. The molecule has 172 valence electrons. The molecule has 2 atom stereocenters. The summed E-state index contributed by atoms with van der Waals surface area (Å²) in [6.45, 7) is 1.98. The summed E-state index contributed by atoms with van der Waals surface area (Å²) in [5.41, 5.74) is 2.56. The van der Waals surface area contributed by atoms with Gasteiger partial charge in [-0.3, -0.25) is 4.79 Å². The first kappa shape index (κ1) is 23.2. The van der Waals surface area contributed by atoms with Gasteiger partial charge in [-0.25, -0.2) is 14.2 Å². The van der Waals surface area contributed by atoms with Crippen molar-refractivity contribution in [2.75, 3.05) is 40.8 Å². The van der Waals surface area contributed by atoms with E-state index in [4.69, 9.17) is 15.0 Å². The third kappa shape index (κ3) is 6.06. The van der Waals surface area contributed by atoms with Gasteiger partial charge < -0.3 is 19.4 Å². The fraction of sp³-hybridized carbons (Fsp3) is 0.636. The second kappa shape index (κ2) is 10.3. The van der Waals surface area contributed by atoms with Gasteiger partial charge in [0.15, 0.2) is 11.6 Å². The fourth-order valence-electron chi connectivity index (χ4n) is 4.33. The summed E-state index contributed by atoms with van der Waals surface area (Å²) in [6.07, 6.45) is 3.83. The highest BCUT2D eigenvalue weighted by Crippen LogP contribution is 2.49. The third-order valence-corrected chi connectivity index (χ3v) is 6.30. The fourth-order valence-corrected chi connectivity index (χ4v) is 4.33. The number of ether oxygens (including phenoxy) is 1. The summed E-state index contributed by atoms with van der Waals surface area (Å²) in [4.78, 5) is 20.0. The minimum absolute atomic E-state index is 0.0327. The molecule has 2 N–H and O–H groups in total. The molecular weight excluding hydrogens is 406 g/mol. The number of hydrogen-bond acceptors (Lipinski definition) is 5. The van der Waals surface area contributed by atoms with E-state index in [1.165, 1.54) is 4.90 Å². The Morgan fingerprint density at radius 1 is 1.26 bits per heavy atom. The summed E-state index contributed by atoms with van der Waals surface area (Å²) < 4.78 is 34.1. The number of rotatable bonds is 8. The van der Waals surface area contributed by atoms with Crippen LogP contribution >= 0.6 is 0 Å². The number of amidine groups is 1. The molecule has 3 rings (SSSR count). The number of carbonyl (C=O) groups excluding carboxylic acids is 1. The summed E-state index contributed by atoms with van der Waals surface area (Å²) in [5, 5.41) is 7.83. The molecule has 1 aromatic rings. The molecule has 0 unspecified atom stereocenters. The Hall–Kier alpha value is -2.42. The maximum Gasteiger partial charge on any atom is 0.304 e. The number of likely N-dealkylation sites (tertiary alicyclic amines) is 1. The summed E-state index contributed by atoms with van der Waals surface area (Å²) in [5.74, 6) is 0.160. The average Bonchev–Trinajstić information content (AvgIpc) is 3.51. The van der Waals surface area contributed by atoms with Crippen molar-refractivity contribution in [3.8, 4) is 5.75 Å². The molecule has 1 aromatic carbocycles. The molecule has 1 amide bonds. The second-order valence-corrected chi connectivity index (χ2v) is 8.57. The molecule has 1 saturated heterocycles. The van der Waals surface area contributed by atoms with Crippen LogP contribution in [-0.4, -0.2) is 62.6 Å². The Labute approximate surface area is 182 Å². The first-order valence-corrected chi connectivity index (χ1v) is 10.8. The maximum atomic E-state index is 14.3. The highest BCUT2D eigenvalue weighted by Gasteiger charge is 2.43. The SMILES string of the molecule is CNOC(=N)N1CCC([C@H]2C[C@H]2CCOc2cc(F)c(CC(=O)N(C)C)cc2F)CC1. The van der Waals surface area contributed by atoms with Crippen LogP contribution in [-0.2, 0) is 16.1 Å². The first-order chi connectivity index (χ1) is 14.8. The highest BCUT2D eigenvalue weighted by atomic mass is 19.1. The molecule has 0 bridgehead atoms. The van der Waals surface area contributed by atoms with E-state index in [0.717, 1.165) is 50.9 Å². The first-order valence-electron chi connectivity index (χ1n) is 10.8. The minimum atomic E-state index is -0.645. The van der Waals surface area contributed by atoms with Crippen LogP contribution in [0.1, 0.15) is 31.2 Å². The standard InChI is InChI=1S/C22H32F2N4O3/c1-26-31-22(25)28-7-4-14(5-8-28)17-10-15(17)6-9-30-20-13-18(23)16(11-19(20)24)12-21(29)27(2)3/h11,13-15,17,25-26H,4-10,12H2,1-3H3/t15-,17-/m1/s1. The molecular formula is C22H32F2N4O3. The summed E-state index contributed by atoms with van der Waals surface area (Å²) in [6, 6.07) is 2.25. The molecule has 1 aliphatic heterocycles. The van der Waals surface area contributed by atoms with Crippen LogP contribution in [0.5, 0.6) is 5.75 Å². The smallest absolute Gasteiger partial charge is 0.304 e. The van der Waals surface area contributed by atoms with Gasteiger partial charge in [0, 0.05) is 45.9 Å². The molecule has 0 aromatic heterocycles. The number of nitrogens with one attached hydrogen (secondary N) is 2. The number of nitrogens with zero attached hydrogens (tertiary/aromatic N) is 2. The Kier molecular flexibility index (Phi) is 7.69. The van der Waals surface area contributed by atoms with Crippen molar-refractivity contribution < 1.29 is 23.1 Å². The highest BCUT2D eigenvalue weighted by molar-refractivity contribution is 5.78. The van der Waals surface area contributed by atoms with E-state index in [1.54, 1.807) is 21.1 Å². The predicted molar refractivity (Wildman–Crippen MR) is 113 cm³/mol. The number of amides is 1. The number of hydrogen-bond donors (Lipinski definition) is 2. The Balaban J connectivity index is 1.41. The van der Waals surface area contributed by atoms with Crippen LogP contribution in [0.4, 0.5) is 8.78 Å². The van der Waals surface area contributed by atoms with Gasteiger partial charge >= 0.3 is 6.02 Å². The van der Waals surface area contributed by atoms with Crippen LogP contribution in [0.15, 0.2) is 12.1 Å². The topological polar surface area (TPSA) is 77.9 Å². The number of carbonyl (C=O) groups is 1. The molecule has 9 heteroatoms. The maximum absolute atomic E-state index is 14.3. The zero-order valence-corrected chi connectivity index (χ0v) is 18.4. The number of halogens is 2. The number of likely N-dealkylation sites (N-methyl/N-ethyl adjacent to an activating group) is 1. The zero-order valence-electron chi connectivity index (χ0n) is 18.4. The van der Waals surface area contributed by atoms with E-state index in [9.17, 15) is 13.6 Å². The Morgan fingerprint density at radius 2 is 1.97 bits per heavy atom. The molecule has 1 heterocycles. The van der Waals surface area contributed by atoms with Gasteiger partial charge in [-0.15, -0.1) is 0 Å². The van der Waals surface area contributed by atoms with Crippen molar-refractivity contribution in [1.82, 2.24) is 15.3 Å². The summed E-state index contributed by atoms with van der Waals surface area (Å²) in [7, 11) is 4.79. The number of benzene rings is 1. The molecule has 7 nitrogen and oxygen atoms in total. The van der Waals surface area contributed by atoms with Crippen LogP contribution < -0.4 is 10.2 Å². The Morgan fingerprint density at radius 3 is 2.61 bits per heavy atom. The van der Waals surface area contributed by atoms with E-state index in [0.29, 0.717) is 24.4 Å². The quantitative estimate of drug-likeness (QED) is 0.371. The normalized spacial score (nSPS) is 21.0. The van der Waals surface area contributed by atoms with Gasteiger partial charge in [-0.05, 0) is 49.5 Å². The second-order valence-electron chi connectivity index (χ2n) is 8.57. The van der Waals surface area contributed by atoms with Crippen molar-refractivity contribution in [3.63, 3.8) is 0 Å². The number of piperidine rings is 1. The van der Waals surface area contributed by atoms with Crippen molar-refractivity contribution in [1.29, 1.82) is 5.41 Å². The van der Waals surface area contributed by atoms with E-state index in [1.807, 2.05) is 4.90 Å². The van der Waals surface area contributed by atoms with Crippen LogP contribution in [0.3, 0.4) is 0 Å². The van der Waals surface area contributed by atoms with Crippen LogP contribution in [0.25, 0.3) is 0 Å². The monoisotopic (exact) mass is 438 g/mol. The van der Waals surface area contributed by atoms with Gasteiger partial charge in [-0.1, -0.05) is 0 Å². The van der Waals surface area contributed by atoms with Crippen molar-refractivity contribution in [2.45, 2.75) is 32.1 Å². The molecule has 0 radical (unpaired) electrons. The van der Waals surface area contributed by atoms with E-state index >= 15 is 0 Å². The van der Waals surface area contributed by atoms with Crippen LogP contribution in [0.2, 0.25) is 0 Å². The van der Waals surface area contributed by atoms with Gasteiger partial charge in [0.05, 0.1) is 13.0 Å². The molecule has 2 aliphatic rings. The van der Waals surface area contributed by atoms with Gasteiger partial charge in [0.1, 0.15) is 5.82 Å². The van der Waals surface area contributed by atoms with Crippen molar-refractivity contribution in [2.24, 2.45) is 17.8 Å². The third-order valence-electron chi connectivity index (χ3n) is 6.30. The largest absolute Gasteiger partial charge is 0.490 e. The lowest BCUT2D eigenvalue weighted by Crippen LogP contribution is -2.41. The lowest BCUT2D eigenvalue weighted by molar-refractivity contribution is -0.128. The zero-order chi connectivity index (χ0) is 22.5. The predicted octanol–water partition coefficient (Wildman–Crippen LogP) is 2.80. The van der Waals surface area contributed by atoms with Gasteiger partial charge in [-0.2, -0.15) is 5.48 Å². The molecule has 31 heavy (non-hydrogen) atoms. The van der Waals surface area contributed by atoms with E-state index in [2.05, 4.69) is 5.48 Å². The lowest BCUT2D eigenvalue weighted by Gasteiger charge is -2.32. The van der Waals surface area contributed by atoms with Gasteiger partial charge in [0.2, 0.25) is 5.91 Å². The van der Waals surface area contributed by atoms with Crippen LogP contribution in [0, 0.1) is 34.8 Å². The molecule has 1 aliphatic carbocycles. The summed E-state index contributed by atoms with van der Waals surface area (Å²) >= 11 is 0.